The monoisotopic (exact) mass is 286 g/mol. The molecule has 0 unspecified atom stereocenters. The number of pyridine rings is 1. The van der Waals surface area contributed by atoms with E-state index in [1.807, 2.05) is 0 Å². The van der Waals surface area contributed by atoms with Gasteiger partial charge in [-0.3, -0.25) is 14.6 Å². The summed E-state index contributed by atoms with van der Waals surface area (Å²) in [5.41, 5.74) is 2.03. The molecule has 4 nitrogen and oxygen atoms in total. The highest BCUT2D eigenvalue weighted by molar-refractivity contribution is 7.14. The molecular weight excluding hydrogens is 272 g/mol. The number of nitrogens with zero attached hydrogens (tertiary/aromatic N) is 1. The lowest BCUT2D eigenvalue weighted by molar-refractivity contribution is 0.101. The van der Waals surface area contributed by atoms with Crippen molar-refractivity contribution >= 4 is 28.0 Å². The highest BCUT2D eigenvalue weighted by atomic mass is 32.1. The molecule has 0 aliphatic heterocycles. The number of ketones is 1. The van der Waals surface area contributed by atoms with Crippen LogP contribution in [-0.4, -0.2) is 16.7 Å². The first-order valence-electron chi connectivity index (χ1n) is 6.51. The van der Waals surface area contributed by atoms with Gasteiger partial charge < -0.3 is 5.32 Å². The number of hydrogen-bond acceptors (Lipinski definition) is 4. The zero-order chi connectivity index (χ0) is 14.1. The lowest BCUT2D eigenvalue weighted by Crippen LogP contribution is -2.15. The average Bonchev–Trinajstić information content (AvgIpc) is 3.18. The van der Waals surface area contributed by atoms with E-state index in [1.165, 1.54) is 18.3 Å². The van der Waals surface area contributed by atoms with Gasteiger partial charge in [-0.15, -0.1) is 11.3 Å². The number of hydrogen-bond donors (Lipinski definition) is 1. The summed E-state index contributed by atoms with van der Waals surface area (Å²) < 4.78 is 0. The minimum atomic E-state index is -0.190. The SMILES string of the molecule is CC(=O)c1ccsc1NC(=O)c1cccnc1C1CC1. The molecule has 0 aromatic carbocycles. The van der Waals surface area contributed by atoms with Crippen LogP contribution in [0.15, 0.2) is 29.8 Å². The molecule has 1 saturated carbocycles. The average molecular weight is 286 g/mol. The molecule has 20 heavy (non-hydrogen) atoms. The Morgan fingerprint density at radius 2 is 2.10 bits per heavy atom. The molecule has 3 rings (SSSR count). The third-order valence-corrected chi connectivity index (χ3v) is 4.15. The molecule has 2 aromatic rings. The van der Waals surface area contributed by atoms with Crippen molar-refractivity contribution in [3.05, 3.63) is 46.6 Å². The van der Waals surface area contributed by atoms with E-state index in [9.17, 15) is 9.59 Å². The van der Waals surface area contributed by atoms with Crippen LogP contribution in [-0.2, 0) is 0 Å². The van der Waals surface area contributed by atoms with Crippen molar-refractivity contribution in [1.29, 1.82) is 0 Å². The molecule has 1 N–H and O–H groups in total. The van der Waals surface area contributed by atoms with Crippen molar-refractivity contribution in [2.24, 2.45) is 0 Å². The lowest BCUT2D eigenvalue weighted by atomic mass is 10.1. The van der Waals surface area contributed by atoms with E-state index in [-0.39, 0.29) is 11.7 Å². The summed E-state index contributed by atoms with van der Waals surface area (Å²) in [6, 6.07) is 5.28. The van der Waals surface area contributed by atoms with Crippen LogP contribution in [0.5, 0.6) is 0 Å². The van der Waals surface area contributed by atoms with E-state index in [0.717, 1.165) is 18.5 Å². The molecule has 1 fully saturated rings. The van der Waals surface area contributed by atoms with Gasteiger partial charge in [0.05, 0.1) is 16.8 Å². The van der Waals surface area contributed by atoms with Gasteiger partial charge >= 0.3 is 0 Å². The Kier molecular flexibility index (Phi) is 3.36. The Bertz CT molecular complexity index is 674. The summed E-state index contributed by atoms with van der Waals surface area (Å²) in [6.45, 7) is 1.50. The lowest BCUT2D eigenvalue weighted by Gasteiger charge is -2.08. The first kappa shape index (κ1) is 13.0. The van der Waals surface area contributed by atoms with E-state index < -0.39 is 0 Å². The van der Waals surface area contributed by atoms with Crippen LogP contribution in [0.4, 0.5) is 5.00 Å². The van der Waals surface area contributed by atoms with Crippen LogP contribution < -0.4 is 5.32 Å². The van der Waals surface area contributed by atoms with Crippen LogP contribution in [0.1, 0.15) is 52.1 Å². The van der Waals surface area contributed by atoms with Gasteiger partial charge in [0.15, 0.2) is 5.78 Å². The number of amides is 1. The molecule has 1 aliphatic carbocycles. The van der Waals surface area contributed by atoms with Crippen molar-refractivity contribution in [3.63, 3.8) is 0 Å². The second-order valence-electron chi connectivity index (χ2n) is 4.88. The summed E-state index contributed by atoms with van der Waals surface area (Å²) in [7, 11) is 0. The number of rotatable bonds is 4. The van der Waals surface area contributed by atoms with Gasteiger partial charge in [-0.2, -0.15) is 0 Å². The fourth-order valence-corrected chi connectivity index (χ4v) is 2.98. The van der Waals surface area contributed by atoms with Crippen LogP contribution >= 0.6 is 11.3 Å². The molecule has 1 aliphatic rings. The molecule has 2 heterocycles. The van der Waals surface area contributed by atoms with Crippen molar-refractivity contribution in [1.82, 2.24) is 4.98 Å². The normalized spacial score (nSPS) is 14.1. The van der Waals surface area contributed by atoms with Crippen molar-refractivity contribution in [3.8, 4) is 0 Å². The van der Waals surface area contributed by atoms with E-state index in [1.54, 1.807) is 29.8 Å². The zero-order valence-corrected chi connectivity index (χ0v) is 11.9. The Balaban J connectivity index is 1.86. The fourth-order valence-electron chi connectivity index (χ4n) is 2.15. The number of Topliss-reactive ketones (excluding diaryl/α,β-unsaturated/α-hetero) is 1. The molecule has 1 amide bonds. The first-order valence-corrected chi connectivity index (χ1v) is 7.39. The maximum Gasteiger partial charge on any atom is 0.258 e. The van der Waals surface area contributed by atoms with Crippen molar-refractivity contribution < 1.29 is 9.59 Å². The standard InChI is InChI=1S/C15H14N2O2S/c1-9(18)11-6-8-20-15(11)17-14(19)12-3-2-7-16-13(12)10-4-5-10/h2-3,6-8,10H,4-5H2,1H3,(H,17,19). The third kappa shape index (κ3) is 2.49. The summed E-state index contributed by atoms with van der Waals surface area (Å²) in [6.07, 6.45) is 3.90. The van der Waals surface area contributed by atoms with E-state index in [4.69, 9.17) is 0 Å². The number of anilines is 1. The molecule has 0 spiro atoms. The van der Waals surface area contributed by atoms with Crippen LogP contribution in [0.3, 0.4) is 0 Å². The van der Waals surface area contributed by atoms with E-state index >= 15 is 0 Å². The Morgan fingerprint density at radius 3 is 2.80 bits per heavy atom. The predicted octanol–water partition coefficient (Wildman–Crippen LogP) is 3.48. The van der Waals surface area contributed by atoms with Crippen molar-refractivity contribution in [2.45, 2.75) is 25.7 Å². The molecule has 2 aromatic heterocycles. The van der Waals surface area contributed by atoms with Gasteiger partial charge in [-0.25, -0.2) is 0 Å². The Morgan fingerprint density at radius 1 is 1.30 bits per heavy atom. The molecule has 5 heteroatoms. The second kappa shape index (κ2) is 5.17. The summed E-state index contributed by atoms with van der Waals surface area (Å²) in [5, 5.41) is 5.24. The minimum Gasteiger partial charge on any atom is -0.313 e. The van der Waals surface area contributed by atoms with Gasteiger partial charge in [0.25, 0.3) is 5.91 Å². The summed E-state index contributed by atoms with van der Waals surface area (Å²) in [5.74, 6) is 0.174. The van der Waals surface area contributed by atoms with Crippen LogP contribution in [0.2, 0.25) is 0 Å². The Labute approximate surface area is 120 Å². The van der Waals surface area contributed by atoms with Gasteiger partial charge in [0, 0.05) is 12.1 Å². The number of thiophene rings is 1. The quantitative estimate of drug-likeness (QED) is 0.875. The van der Waals surface area contributed by atoms with Crippen LogP contribution in [0.25, 0.3) is 0 Å². The molecule has 0 radical (unpaired) electrons. The topological polar surface area (TPSA) is 59.1 Å². The number of aromatic nitrogens is 1. The van der Waals surface area contributed by atoms with Gasteiger partial charge in [-0.1, -0.05) is 0 Å². The van der Waals surface area contributed by atoms with Gasteiger partial charge in [0.2, 0.25) is 0 Å². The second-order valence-corrected chi connectivity index (χ2v) is 5.80. The summed E-state index contributed by atoms with van der Waals surface area (Å²) >= 11 is 1.36. The van der Waals surface area contributed by atoms with Crippen molar-refractivity contribution in [2.75, 3.05) is 5.32 Å². The Hall–Kier alpha value is -2.01. The molecule has 0 atom stereocenters. The molecular formula is C15H14N2O2S. The van der Waals surface area contributed by atoms with Gasteiger partial charge in [0.1, 0.15) is 5.00 Å². The molecule has 0 saturated heterocycles. The van der Waals surface area contributed by atoms with Crippen LogP contribution in [0, 0.1) is 0 Å². The summed E-state index contributed by atoms with van der Waals surface area (Å²) in [4.78, 5) is 28.2. The van der Waals surface area contributed by atoms with Gasteiger partial charge in [-0.05, 0) is 43.3 Å². The highest BCUT2D eigenvalue weighted by Crippen LogP contribution is 2.40. The van der Waals surface area contributed by atoms with E-state index in [2.05, 4.69) is 10.3 Å². The number of nitrogens with one attached hydrogen (secondary N) is 1. The maximum atomic E-state index is 12.4. The highest BCUT2D eigenvalue weighted by Gasteiger charge is 2.29. The fraction of sp³-hybridized carbons (Fsp3) is 0.267. The molecule has 0 bridgehead atoms. The number of carbonyl (C=O) groups is 2. The zero-order valence-electron chi connectivity index (χ0n) is 11.1. The largest absolute Gasteiger partial charge is 0.313 e. The van der Waals surface area contributed by atoms with E-state index in [0.29, 0.717) is 22.0 Å². The minimum absolute atomic E-state index is 0.0462. The molecule has 102 valence electrons. The third-order valence-electron chi connectivity index (χ3n) is 3.32. The predicted molar refractivity (Wildman–Crippen MR) is 78.5 cm³/mol. The first-order chi connectivity index (χ1) is 9.66. The number of carbonyl (C=O) groups excluding carboxylic acids is 2. The maximum absolute atomic E-state index is 12.4. The smallest absolute Gasteiger partial charge is 0.258 e.